The van der Waals surface area contributed by atoms with Crippen LogP contribution in [-0.4, -0.2) is 52.7 Å². The van der Waals surface area contributed by atoms with Crippen LogP contribution in [0.25, 0.3) is 0 Å². The van der Waals surface area contributed by atoms with E-state index in [2.05, 4.69) is 33.6 Å². The van der Waals surface area contributed by atoms with Crippen LogP contribution in [0.2, 0.25) is 0 Å². The number of thioether (sulfide) groups is 1. The second-order valence-electron chi connectivity index (χ2n) is 7.04. The Morgan fingerprint density at radius 2 is 2.13 bits per heavy atom. The molecule has 0 radical (unpaired) electrons. The lowest BCUT2D eigenvalue weighted by atomic mass is 9.73. The Morgan fingerprint density at radius 3 is 2.87 bits per heavy atom. The van der Waals surface area contributed by atoms with E-state index < -0.39 is 0 Å². The number of amides is 1. The standard InChI is InChI=1S/C17H26N4OS/c1-13(2)21-12-17(8-5-15(21)22)7-4-10-20(11-17)14-6-9-18-16(19-14)23-3/h6,9,13H,4-5,7-8,10-12H2,1-3H3/t17-/m0/s1. The van der Waals surface area contributed by atoms with Crippen LogP contribution in [0.1, 0.15) is 39.5 Å². The van der Waals surface area contributed by atoms with Crippen LogP contribution in [0.5, 0.6) is 0 Å². The summed E-state index contributed by atoms with van der Waals surface area (Å²) in [7, 11) is 0. The maximum atomic E-state index is 12.2. The van der Waals surface area contributed by atoms with Gasteiger partial charge >= 0.3 is 0 Å². The van der Waals surface area contributed by atoms with Crippen LogP contribution in [-0.2, 0) is 4.79 Å². The van der Waals surface area contributed by atoms with E-state index in [0.29, 0.717) is 12.3 Å². The topological polar surface area (TPSA) is 49.3 Å². The number of carbonyl (C=O) groups is 1. The summed E-state index contributed by atoms with van der Waals surface area (Å²) in [6, 6.07) is 2.30. The first-order chi connectivity index (χ1) is 11.0. The Hall–Kier alpha value is -1.30. The van der Waals surface area contributed by atoms with Gasteiger partial charge in [-0.25, -0.2) is 9.97 Å². The Balaban J connectivity index is 1.78. The van der Waals surface area contributed by atoms with Gasteiger partial charge in [0.1, 0.15) is 5.82 Å². The van der Waals surface area contributed by atoms with Crippen molar-refractivity contribution in [1.82, 2.24) is 14.9 Å². The summed E-state index contributed by atoms with van der Waals surface area (Å²) < 4.78 is 0. The van der Waals surface area contributed by atoms with E-state index in [0.717, 1.165) is 37.0 Å². The van der Waals surface area contributed by atoms with Gasteiger partial charge in [0, 0.05) is 43.7 Å². The van der Waals surface area contributed by atoms with Crippen LogP contribution in [0, 0.1) is 5.41 Å². The summed E-state index contributed by atoms with van der Waals surface area (Å²) in [6.07, 6.45) is 7.92. The predicted molar refractivity (Wildman–Crippen MR) is 93.8 cm³/mol. The summed E-state index contributed by atoms with van der Waals surface area (Å²) in [5, 5.41) is 0.824. The molecule has 0 aromatic carbocycles. The van der Waals surface area contributed by atoms with Crippen LogP contribution in [0.3, 0.4) is 0 Å². The second-order valence-corrected chi connectivity index (χ2v) is 7.82. The van der Waals surface area contributed by atoms with Gasteiger partial charge in [-0.1, -0.05) is 11.8 Å². The predicted octanol–water partition coefficient (Wildman–Crippen LogP) is 2.82. The van der Waals surface area contributed by atoms with E-state index in [1.807, 2.05) is 18.5 Å². The van der Waals surface area contributed by atoms with Crippen LogP contribution < -0.4 is 4.90 Å². The highest BCUT2D eigenvalue weighted by Gasteiger charge is 2.42. The molecule has 2 aliphatic heterocycles. The van der Waals surface area contributed by atoms with Gasteiger partial charge in [0.05, 0.1) is 0 Å². The number of hydrogen-bond acceptors (Lipinski definition) is 5. The van der Waals surface area contributed by atoms with Gasteiger partial charge < -0.3 is 9.80 Å². The van der Waals surface area contributed by atoms with Crippen molar-refractivity contribution < 1.29 is 4.79 Å². The zero-order valence-electron chi connectivity index (χ0n) is 14.3. The monoisotopic (exact) mass is 334 g/mol. The van der Waals surface area contributed by atoms with E-state index in [1.165, 1.54) is 12.8 Å². The molecule has 2 aliphatic rings. The molecule has 0 N–H and O–H groups in total. The van der Waals surface area contributed by atoms with Crippen molar-refractivity contribution in [2.75, 3.05) is 30.8 Å². The van der Waals surface area contributed by atoms with Crippen molar-refractivity contribution in [2.45, 2.75) is 50.7 Å². The van der Waals surface area contributed by atoms with Gasteiger partial charge in [0.15, 0.2) is 5.16 Å². The number of nitrogens with zero attached hydrogens (tertiary/aromatic N) is 4. The van der Waals surface area contributed by atoms with Crippen molar-refractivity contribution in [2.24, 2.45) is 5.41 Å². The Kier molecular flexibility index (Phi) is 4.80. The van der Waals surface area contributed by atoms with E-state index >= 15 is 0 Å². The fourth-order valence-electron chi connectivity index (χ4n) is 3.86. The molecule has 0 bridgehead atoms. The molecule has 23 heavy (non-hydrogen) atoms. The third kappa shape index (κ3) is 3.47. The average Bonchev–Trinajstić information content (AvgIpc) is 2.57. The minimum Gasteiger partial charge on any atom is -0.356 e. The van der Waals surface area contributed by atoms with Crippen molar-refractivity contribution in [3.63, 3.8) is 0 Å². The minimum absolute atomic E-state index is 0.223. The van der Waals surface area contributed by atoms with Crippen molar-refractivity contribution in [3.05, 3.63) is 12.3 Å². The maximum absolute atomic E-state index is 12.2. The number of piperidine rings is 2. The molecule has 1 atom stereocenters. The molecule has 3 rings (SSSR count). The molecule has 1 aromatic rings. The molecular weight excluding hydrogens is 308 g/mol. The average molecular weight is 334 g/mol. The molecule has 2 saturated heterocycles. The van der Waals surface area contributed by atoms with Crippen LogP contribution in [0.15, 0.2) is 17.4 Å². The molecule has 0 saturated carbocycles. The largest absolute Gasteiger partial charge is 0.356 e. The third-order valence-electron chi connectivity index (χ3n) is 5.11. The summed E-state index contributed by atoms with van der Waals surface area (Å²) in [5.41, 5.74) is 0.223. The molecule has 5 nitrogen and oxygen atoms in total. The van der Waals surface area contributed by atoms with Crippen LogP contribution in [0.4, 0.5) is 5.82 Å². The van der Waals surface area contributed by atoms with Crippen molar-refractivity contribution in [1.29, 1.82) is 0 Å². The van der Waals surface area contributed by atoms with E-state index in [9.17, 15) is 4.79 Å². The molecule has 1 aromatic heterocycles. The Bertz CT molecular complexity index is 579. The number of aromatic nitrogens is 2. The maximum Gasteiger partial charge on any atom is 0.222 e. The number of anilines is 1. The van der Waals surface area contributed by atoms with E-state index in [4.69, 9.17) is 0 Å². The molecule has 2 fully saturated rings. The quantitative estimate of drug-likeness (QED) is 0.628. The smallest absolute Gasteiger partial charge is 0.222 e. The summed E-state index contributed by atoms with van der Waals surface area (Å²) >= 11 is 1.58. The lowest BCUT2D eigenvalue weighted by molar-refractivity contribution is -0.140. The molecule has 1 amide bonds. The van der Waals surface area contributed by atoms with Crippen LogP contribution >= 0.6 is 11.8 Å². The molecular formula is C17H26N4OS. The molecule has 126 valence electrons. The van der Waals surface area contributed by atoms with Gasteiger partial charge in [0.25, 0.3) is 0 Å². The molecule has 3 heterocycles. The van der Waals surface area contributed by atoms with Gasteiger partial charge in [-0.3, -0.25) is 4.79 Å². The first-order valence-corrected chi connectivity index (χ1v) is 9.67. The number of hydrogen-bond donors (Lipinski definition) is 0. The van der Waals surface area contributed by atoms with Crippen molar-refractivity contribution >= 4 is 23.5 Å². The summed E-state index contributed by atoms with van der Waals surface area (Å²) in [4.78, 5) is 25.6. The summed E-state index contributed by atoms with van der Waals surface area (Å²) in [6.45, 7) is 7.16. The fourth-order valence-corrected chi connectivity index (χ4v) is 4.21. The summed E-state index contributed by atoms with van der Waals surface area (Å²) in [5.74, 6) is 1.34. The Labute approximate surface area is 142 Å². The molecule has 0 unspecified atom stereocenters. The Morgan fingerprint density at radius 1 is 1.30 bits per heavy atom. The fraction of sp³-hybridized carbons (Fsp3) is 0.706. The van der Waals surface area contributed by atoms with Crippen molar-refractivity contribution in [3.8, 4) is 0 Å². The molecule has 1 spiro atoms. The van der Waals surface area contributed by atoms with Gasteiger partial charge in [-0.05, 0) is 45.4 Å². The SMILES string of the molecule is CSc1nccc(N2CCC[C@]3(CCC(=O)N(C(C)C)C3)C2)n1. The normalized spacial score (nSPS) is 25.5. The van der Waals surface area contributed by atoms with Gasteiger partial charge in [-0.15, -0.1) is 0 Å². The van der Waals surface area contributed by atoms with E-state index in [1.54, 1.807) is 11.8 Å². The lowest BCUT2D eigenvalue weighted by Crippen LogP contribution is -2.55. The zero-order chi connectivity index (χ0) is 16.4. The minimum atomic E-state index is 0.223. The highest BCUT2D eigenvalue weighted by Crippen LogP contribution is 2.40. The molecule has 0 aliphatic carbocycles. The second kappa shape index (κ2) is 6.67. The highest BCUT2D eigenvalue weighted by atomic mass is 32.2. The lowest BCUT2D eigenvalue weighted by Gasteiger charge is -2.49. The third-order valence-corrected chi connectivity index (χ3v) is 5.67. The first kappa shape index (κ1) is 16.6. The number of carbonyl (C=O) groups excluding carboxylic acids is 1. The zero-order valence-corrected chi connectivity index (χ0v) is 15.1. The first-order valence-electron chi connectivity index (χ1n) is 8.44. The highest BCUT2D eigenvalue weighted by molar-refractivity contribution is 7.98. The van der Waals surface area contributed by atoms with Gasteiger partial charge in [-0.2, -0.15) is 0 Å². The molecule has 6 heteroatoms. The van der Waals surface area contributed by atoms with E-state index in [-0.39, 0.29) is 11.5 Å². The number of rotatable bonds is 3. The number of likely N-dealkylation sites (tertiary alicyclic amines) is 1. The van der Waals surface area contributed by atoms with Gasteiger partial charge in [0.2, 0.25) is 5.91 Å².